The van der Waals surface area contributed by atoms with E-state index >= 15 is 0 Å². The second-order valence-corrected chi connectivity index (χ2v) is 7.49. The van der Waals surface area contributed by atoms with E-state index in [4.69, 9.17) is 14.2 Å². The first-order valence-corrected chi connectivity index (χ1v) is 9.61. The van der Waals surface area contributed by atoms with Crippen molar-refractivity contribution in [3.05, 3.63) is 47.5 Å². The van der Waals surface area contributed by atoms with Gasteiger partial charge in [0.2, 0.25) is 0 Å². The molecule has 4 rings (SSSR count). The highest BCUT2D eigenvalue weighted by Gasteiger charge is 2.43. The number of carbonyl (C=O) groups excluding carboxylic acids is 1. The SMILES string of the molecule is O=C1C[C@@H](c2ccc(O)cc2)Oc2cc(O)cc(OC[C@H]3OC(O)[C@H](O)[C@@H](O)[C@@H]3O)c21. The summed E-state index contributed by atoms with van der Waals surface area (Å²) in [6.07, 6.45) is -8.41. The summed E-state index contributed by atoms with van der Waals surface area (Å²) in [5, 5.41) is 58.5. The number of rotatable bonds is 4. The number of ether oxygens (including phenoxy) is 3. The zero-order valence-electron chi connectivity index (χ0n) is 16.2. The highest BCUT2D eigenvalue weighted by Crippen LogP contribution is 2.42. The standard InChI is InChI=1S/C21H22O10/c22-10-3-1-9(2-4-10)13-7-12(24)17-14(5-11(23)6-15(17)30-13)29-8-16-18(25)19(26)20(27)21(28)31-16/h1-6,13,16,18-23,25-28H,7-8H2/t13-,16+,18+,19-,20+,21?/m0/s1. The molecule has 1 saturated heterocycles. The summed E-state index contributed by atoms with van der Waals surface area (Å²) in [4.78, 5) is 12.8. The number of benzene rings is 2. The van der Waals surface area contributed by atoms with E-state index in [9.17, 15) is 35.4 Å². The number of hydrogen-bond donors (Lipinski definition) is 6. The van der Waals surface area contributed by atoms with E-state index in [1.165, 1.54) is 24.3 Å². The van der Waals surface area contributed by atoms with Crippen molar-refractivity contribution < 1.29 is 49.6 Å². The molecule has 0 aromatic heterocycles. The number of fused-ring (bicyclic) bond motifs is 1. The Morgan fingerprint density at radius 3 is 2.35 bits per heavy atom. The third kappa shape index (κ3) is 4.16. The third-order valence-electron chi connectivity index (χ3n) is 5.32. The van der Waals surface area contributed by atoms with E-state index in [0.29, 0.717) is 5.56 Å². The molecule has 0 bridgehead atoms. The quantitative estimate of drug-likeness (QED) is 0.385. The first-order valence-electron chi connectivity index (χ1n) is 9.61. The minimum Gasteiger partial charge on any atom is -0.508 e. The van der Waals surface area contributed by atoms with Gasteiger partial charge in [0, 0.05) is 12.1 Å². The lowest BCUT2D eigenvalue weighted by Crippen LogP contribution is -2.58. The molecule has 2 aromatic rings. The summed E-state index contributed by atoms with van der Waals surface area (Å²) in [5.41, 5.74) is 0.766. The maximum atomic E-state index is 12.8. The Balaban J connectivity index is 1.55. The largest absolute Gasteiger partial charge is 0.508 e. The third-order valence-corrected chi connectivity index (χ3v) is 5.32. The van der Waals surface area contributed by atoms with Gasteiger partial charge in [0.05, 0.1) is 6.42 Å². The van der Waals surface area contributed by atoms with Crippen LogP contribution in [0.25, 0.3) is 0 Å². The molecule has 2 aliphatic rings. The van der Waals surface area contributed by atoms with E-state index in [2.05, 4.69) is 0 Å². The van der Waals surface area contributed by atoms with Gasteiger partial charge in [-0.15, -0.1) is 0 Å². The molecule has 0 aliphatic carbocycles. The number of ketones is 1. The molecule has 2 heterocycles. The Morgan fingerprint density at radius 2 is 1.65 bits per heavy atom. The molecule has 2 aromatic carbocycles. The molecule has 6 atom stereocenters. The zero-order chi connectivity index (χ0) is 22.3. The van der Waals surface area contributed by atoms with Crippen LogP contribution < -0.4 is 9.47 Å². The van der Waals surface area contributed by atoms with Gasteiger partial charge in [0.25, 0.3) is 0 Å². The lowest BCUT2D eigenvalue weighted by Gasteiger charge is -2.38. The van der Waals surface area contributed by atoms with Gasteiger partial charge in [-0.2, -0.15) is 0 Å². The predicted molar refractivity (Wildman–Crippen MR) is 103 cm³/mol. The first-order chi connectivity index (χ1) is 14.7. The average molecular weight is 434 g/mol. The number of aliphatic hydroxyl groups excluding tert-OH is 4. The summed E-state index contributed by atoms with van der Waals surface area (Å²) < 4.78 is 16.5. The van der Waals surface area contributed by atoms with Crippen molar-refractivity contribution in [3.8, 4) is 23.0 Å². The van der Waals surface area contributed by atoms with Gasteiger partial charge < -0.3 is 44.8 Å². The summed E-state index contributed by atoms with van der Waals surface area (Å²) in [6, 6.07) is 8.70. The van der Waals surface area contributed by atoms with Crippen molar-refractivity contribution in [2.24, 2.45) is 0 Å². The number of Topliss-reactive ketones (excluding diaryl/α,β-unsaturated/α-hetero) is 1. The Labute approximate surface area is 176 Å². The monoisotopic (exact) mass is 434 g/mol. The molecule has 2 aliphatic heterocycles. The molecule has 166 valence electrons. The van der Waals surface area contributed by atoms with E-state index < -0.39 is 36.8 Å². The Kier molecular flexibility index (Phi) is 5.73. The molecule has 31 heavy (non-hydrogen) atoms. The maximum absolute atomic E-state index is 12.8. The fourth-order valence-electron chi connectivity index (χ4n) is 3.64. The van der Waals surface area contributed by atoms with Crippen LogP contribution in [0.1, 0.15) is 28.4 Å². The number of phenols is 2. The summed E-state index contributed by atoms with van der Waals surface area (Å²) in [6.45, 7) is -0.382. The smallest absolute Gasteiger partial charge is 0.184 e. The molecular formula is C21H22O10. The van der Waals surface area contributed by atoms with Crippen LogP contribution in [0.15, 0.2) is 36.4 Å². The molecule has 1 unspecified atom stereocenters. The fourth-order valence-corrected chi connectivity index (χ4v) is 3.64. The van der Waals surface area contributed by atoms with E-state index in [-0.39, 0.29) is 47.4 Å². The number of hydrogen-bond acceptors (Lipinski definition) is 10. The van der Waals surface area contributed by atoms with E-state index in [1.54, 1.807) is 12.1 Å². The van der Waals surface area contributed by atoms with Gasteiger partial charge in [-0.25, -0.2) is 0 Å². The van der Waals surface area contributed by atoms with Crippen LogP contribution in [0.4, 0.5) is 0 Å². The molecular weight excluding hydrogens is 412 g/mol. The van der Waals surface area contributed by atoms with Crippen molar-refractivity contribution in [1.29, 1.82) is 0 Å². The Hall–Kier alpha value is -2.89. The molecule has 6 N–H and O–H groups in total. The van der Waals surface area contributed by atoms with Crippen molar-refractivity contribution >= 4 is 5.78 Å². The molecule has 10 nitrogen and oxygen atoms in total. The van der Waals surface area contributed by atoms with Crippen LogP contribution in [0.2, 0.25) is 0 Å². The molecule has 1 fully saturated rings. The molecule has 0 radical (unpaired) electrons. The Morgan fingerprint density at radius 1 is 0.935 bits per heavy atom. The molecule has 0 saturated carbocycles. The molecule has 0 amide bonds. The predicted octanol–water partition coefficient (Wildman–Crippen LogP) is -0.0170. The minimum absolute atomic E-state index is 0.00884. The lowest BCUT2D eigenvalue weighted by molar-refractivity contribution is -0.285. The van der Waals surface area contributed by atoms with E-state index in [0.717, 1.165) is 0 Å². The van der Waals surface area contributed by atoms with Crippen LogP contribution in [-0.4, -0.2) is 73.7 Å². The second kappa shape index (κ2) is 8.33. The normalized spacial score (nSPS) is 30.4. The van der Waals surface area contributed by atoms with E-state index in [1.807, 2.05) is 0 Å². The van der Waals surface area contributed by atoms with Gasteiger partial charge in [-0.05, 0) is 17.7 Å². The number of carbonyl (C=O) groups is 1. The van der Waals surface area contributed by atoms with Crippen molar-refractivity contribution in [2.75, 3.05) is 6.61 Å². The van der Waals surface area contributed by atoms with Gasteiger partial charge in [-0.1, -0.05) is 12.1 Å². The van der Waals surface area contributed by atoms with Crippen LogP contribution in [0.5, 0.6) is 23.0 Å². The van der Waals surface area contributed by atoms with Crippen LogP contribution >= 0.6 is 0 Å². The van der Waals surface area contributed by atoms with Crippen LogP contribution in [0, 0.1) is 0 Å². The highest BCUT2D eigenvalue weighted by atomic mass is 16.6. The second-order valence-electron chi connectivity index (χ2n) is 7.49. The Bertz CT molecular complexity index is 959. The van der Waals surface area contributed by atoms with Gasteiger partial charge in [-0.3, -0.25) is 4.79 Å². The number of aliphatic hydroxyl groups is 4. The lowest BCUT2D eigenvalue weighted by atomic mass is 9.95. The van der Waals surface area contributed by atoms with Crippen molar-refractivity contribution in [3.63, 3.8) is 0 Å². The fraction of sp³-hybridized carbons (Fsp3) is 0.381. The zero-order valence-corrected chi connectivity index (χ0v) is 16.2. The topological polar surface area (TPSA) is 166 Å². The summed E-state index contributed by atoms with van der Waals surface area (Å²) >= 11 is 0. The molecule has 0 spiro atoms. The van der Waals surface area contributed by atoms with Crippen LogP contribution in [0.3, 0.4) is 0 Å². The average Bonchev–Trinajstić information content (AvgIpc) is 2.73. The van der Waals surface area contributed by atoms with Crippen LogP contribution in [-0.2, 0) is 4.74 Å². The van der Waals surface area contributed by atoms with Gasteiger partial charge >= 0.3 is 0 Å². The minimum atomic E-state index is -1.72. The highest BCUT2D eigenvalue weighted by molar-refractivity contribution is 6.02. The van der Waals surface area contributed by atoms with Crippen molar-refractivity contribution in [2.45, 2.75) is 43.2 Å². The maximum Gasteiger partial charge on any atom is 0.184 e. The molecule has 10 heteroatoms. The number of aromatic hydroxyl groups is 2. The van der Waals surface area contributed by atoms with Gasteiger partial charge in [0.15, 0.2) is 12.1 Å². The van der Waals surface area contributed by atoms with Crippen molar-refractivity contribution in [1.82, 2.24) is 0 Å². The summed E-state index contributed by atoms with van der Waals surface area (Å²) in [7, 11) is 0. The number of phenolic OH excluding ortho intramolecular Hbond substituents is 2. The first kappa shape index (κ1) is 21.3. The van der Waals surface area contributed by atoms with Gasteiger partial charge in [0.1, 0.15) is 65.7 Å². The summed E-state index contributed by atoms with van der Waals surface area (Å²) in [5.74, 6) is -0.377.